The van der Waals surface area contributed by atoms with Crippen LogP contribution in [0.1, 0.15) is 54.9 Å². The maximum absolute atomic E-state index is 13.9. The van der Waals surface area contributed by atoms with Gasteiger partial charge in [0.05, 0.1) is 19.3 Å². The topological polar surface area (TPSA) is 36.9 Å². The Hall–Kier alpha value is -2.11. The van der Waals surface area contributed by atoms with Gasteiger partial charge in [0, 0.05) is 12.8 Å². The predicted molar refractivity (Wildman–Crippen MR) is 107 cm³/mol. The van der Waals surface area contributed by atoms with Crippen molar-refractivity contribution in [3.05, 3.63) is 58.9 Å². The molecule has 1 unspecified atom stereocenters. The zero-order valence-electron chi connectivity index (χ0n) is 16.8. The summed E-state index contributed by atoms with van der Waals surface area (Å²) in [7, 11) is 0. The summed E-state index contributed by atoms with van der Waals surface area (Å²) in [5.41, 5.74) is 2.76. The summed E-state index contributed by atoms with van der Waals surface area (Å²) in [5, 5.41) is 0. The van der Waals surface area contributed by atoms with Gasteiger partial charge in [-0.05, 0) is 73.6 Å². The number of aryl methyl sites for hydroxylation is 1. The van der Waals surface area contributed by atoms with Crippen LogP contribution < -0.4 is 9.47 Å². The van der Waals surface area contributed by atoms with E-state index in [1.54, 1.807) is 6.07 Å². The van der Waals surface area contributed by atoms with E-state index < -0.39 is 0 Å². The van der Waals surface area contributed by atoms with E-state index >= 15 is 0 Å². The van der Waals surface area contributed by atoms with Crippen LogP contribution in [-0.2, 0) is 15.9 Å². The normalized spacial score (nSPS) is 23.6. The molecule has 3 aliphatic rings. The number of halogens is 1. The summed E-state index contributed by atoms with van der Waals surface area (Å²) in [6, 6.07) is 11.3. The largest absolute Gasteiger partial charge is 0.490 e. The zero-order valence-corrected chi connectivity index (χ0v) is 16.8. The molecule has 0 radical (unpaired) electrons. The molecule has 0 bridgehead atoms. The Morgan fingerprint density at radius 2 is 1.83 bits per heavy atom. The van der Waals surface area contributed by atoms with Crippen LogP contribution in [0.15, 0.2) is 36.4 Å². The van der Waals surface area contributed by atoms with E-state index in [-0.39, 0.29) is 23.8 Å². The van der Waals surface area contributed by atoms with E-state index in [4.69, 9.17) is 18.9 Å². The van der Waals surface area contributed by atoms with Gasteiger partial charge in [-0.15, -0.1) is 0 Å². The van der Waals surface area contributed by atoms with Crippen LogP contribution in [0.2, 0.25) is 0 Å². The van der Waals surface area contributed by atoms with Crippen LogP contribution in [0.25, 0.3) is 0 Å². The Labute approximate surface area is 170 Å². The van der Waals surface area contributed by atoms with Gasteiger partial charge in [-0.25, -0.2) is 4.39 Å². The van der Waals surface area contributed by atoms with Crippen molar-refractivity contribution in [2.45, 2.75) is 63.4 Å². The van der Waals surface area contributed by atoms with Crippen molar-refractivity contribution in [3.8, 4) is 11.5 Å². The first-order chi connectivity index (χ1) is 14.1. The minimum absolute atomic E-state index is 0.106. The second kappa shape index (κ2) is 7.62. The van der Waals surface area contributed by atoms with Gasteiger partial charge < -0.3 is 18.9 Å². The monoisotopic (exact) mass is 398 g/mol. The van der Waals surface area contributed by atoms with Crippen LogP contribution >= 0.6 is 0 Å². The third-order valence-electron chi connectivity index (χ3n) is 6.44. The molecule has 5 rings (SSSR count). The fraction of sp³-hybridized carbons (Fsp3) is 0.500. The summed E-state index contributed by atoms with van der Waals surface area (Å²) in [5.74, 6) is 1.23. The molecule has 2 aliphatic heterocycles. The van der Waals surface area contributed by atoms with Gasteiger partial charge in [0.25, 0.3) is 0 Å². The molecular weight excluding hydrogens is 371 g/mol. The molecule has 0 aromatic heterocycles. The van der Waals surface area contributed by atoms with Crippen molar-refractivity contribution >= 4 is 0 Å². The minimum atomic E-state index is -0.354. The third kappa shape index (κ3) is 3.74. The lowest BCUT2D eigenvalue weighted by molar-refractivity contribution is -0.186. The van der Waals surface area contributed by atoms with Crippen LogP contribution in [0, 0.1) is 12.7 Å². The van der Waals surface area contributed by atoms with Crippen molar-refractivity contribution in [1.29, 1.82) is 0 Å². The summed E-state index contributed by atoms with van der Waals surface area (Å²) in [6.07, 6.45) is 5.47. The van der Waals surface area contributed by atoms with Crippen LogP contribution in [-0.4, -0.2) is 25.1 Å². The SMILES string of the molecule is Cc1c(F)cccc1C1CCc2cc(OC3CCC4(CC3)OCCO4)ccc2O1. The Balaban J connectivity index is 1.24. The third-order valence-corrected chi connectivity index (χ3v) is 6.44. The van der Waals surface area contributed by atoms with Gasteiger partial charge in [-0.2, -0.15) is 0 Å². The summed E-state index contributed by atoms with van der Waals surface area (Å²) >= 11 is 0. The molecule has 0 N–H and O–H groups in total. The molecule has 2 aromatic carbocycles. The number of rotatable bonds is 3. The van der Waals surface area contributed by atoms with E-state index in [0.29, 0.717) is 18.8 Å². The number of fused-ring (bicyclic) bond motifs is 1. The van der Waals surface area contributed by atoms with Gasteiger partial charge in [-0.3, -0.25) is 0 Å². The van der Waals surface area contributed by atoms with Gasteiger partial charge in [-0.1, -0.05) is 12.1 Å². The van der Waals surface area contributed by atoms with Crippen molar-refractivity contribution in [3.63, 3.8) is 0 Å². The highest BCUT2D eigenvalue weighted by molar-refractivity contribution is 5.43. The standard InChI is InChI=1S/C24H27FO4/c1-16-20(3-2-4-21(16)25)23-7-5-17-15-19(6-8-22(17)29-23)28-18-9-11-24(12-10-18)26-13-14-27-24/h2-4,6,8,15,18,23H,5,7,9-14H2,1H3. The molecule has 2 heterocycles. The van der Waals surface area contributed by atoms with Crippen LogP contribution in [0.4, 0.5) is 4.39 Å². The van der Waals surface area contributed by atoms with Crippen LogP contribution in [0.3, 0.4) is 0 Å². The molecular formula is C24H27FO4. The fourth-order valence-corrected chi connectivity index (χ4v) is 4.76. The molecule has 1 atom stereocenters. The number of hydrogen-bond acceptors (Lipinski definition) is 4. The average Bonchev–Trinajstić information content (AvgIpc) is 3.20. The molecule has 2 fully saturated rings. The first-order valence-corrected chi connectivity index (χ1v) is 10.6. The highest BCUT2D eigenvalue weighted by Gasteiger charge is 2.41. The molecule has 29 heavy (non-hydrogen) atoms. The van der Waals surface area contributed by atoms with Gasteiger partial charge in [0.1, 0.15) is 23.4 Å². The Morgan fingerprint density at radius 1 is 1.03 bits per heavy atom. The smallest absolute Gasteiger partial charge is 0.168 e. The Kier molecular flexibility index (Phi) is 4.96. The zero-order chi connectivity index (χ0) is 19.8. The maximum atomic E-state index is 13.9. The van der Waals surface area contributed by atoms with E-state index in [0.717, 1.165) is 61.2 Å². The highest BCUT2D eigenvalue weighted by Crippen LogP contribution is 2.40. The predicted octanol–water partition coefficient (Wildman–Crippen LogP) is 5.26. The lowest BCUT2D eigenvalue weighted by Gasteiger charge is -2.35. The number of benzene rings is 2. The van der Waals surface area contributed by atoms with Crippen molar-refractivity contribution in [2.75, 3.05) is 13.2 Å². The number of ether oxygens (including phenoxy) is 4. The number of hydrogen-bond donors (Lipinski definition) is 0. The average molecular weight is 398 g/mol. The molecule has 4 nitrogen and oxygen atoms in total. The first kappa shape index (κ1) is 18.9. The molecule has 154 valence electrons. The van der Waals surface area contributed by atoms with E-state index in [1.807, 2.05) is 25.1 Å². The van der Waals surface area contributed by atoms with Gasteiger partial charge >= 0.3 is 0 Å². The van der Waals surface area contributed by atoms with Gasteiger partial charge in [0.15, 0.2) is 5.79 Å². The first-order valence-electron chi connectivity index (χ1n) is 10.6. The summed E-state index contributed by atoms with van der Waals surface area (Å²) < 4.78 is 38.0. The lowest BCUT2D eigenvalue weighted by atomic mass is 9.91. The van der Waals surface area contributed by atoms with Gasteiger partial charge in [0.2, 0.25) is 0 Å². The quantitative estimate of drug-likeness (QED) is 0.706. The van der Waals surface area contributed by atoms with E-state index in [1.165, 1.54) is 6.07 Å². The van der Waals surface area contributed by atoms with E-state index in [2.05, 4.69) is 6.07 Å². The Bertz CT molecular complexity index is 880. The maximum Gasteiger partial charge on any atom is 0.168 e. The second-order valence-electron chi connectivity index (χ2n) is 8.29. The summed E-state index contributed by atoms with van der Waals surface area (Å²) in [6.45, 7) is 3.22. The molecule has 0 amide bonds. The van der Waals surface area contributed by atoms with E-state index in [9.17, 15) is 4.39 Å². The summed E-state index contributed by atoms with van der Waals surface area (Å²) in [4.78, 5) is 0. The van der Waals surface area contributed by atoms with Crippen LogP contribution in [0.5, 0.6) is 11.5 Å². The molecule has 2 aromatic rings. The minimum Gasteiger partial charge on any atom is -0.490 e. The molecule has 1 spiro atoms. The van der Waals surface area contributed by atoms with Crippen molar-refractivity contribution in [2.24, 2.45) is 0 Å². The second-order valence-corrected chi connectivity index (χ2v) is 8.29. The molecule has 1 saturated carbocycles. The molecule has 1 saturated heterocycles. The highest BCUT2D eigenvalue weighted by atomic mass is 19.1. The lowest BCUT2D eigenvalue weighted by Crippen LogP contribution is -2.38. The molecule has 1 aliphatic carbocycles. The van der Waals surface area contributed by atoms with Crippen molar-refractivity contribution < 1.29 is 23.3 Å². The van der Waals surface area contributed by atoms with Crippen molar-refractivity contribution in [1.82, 2.24) is 0 Å². The Morgan fingerprint density at radius 3 is 2.62 bits per heavy atom. The molecule has 5 heteroatoms. The fourth-order valence-electron chi connectivity index (χ4n) is 4.76.